The molecule has 100 valence electrons. The van der Waals surface area contributed by atoms with Crippen LogP contribution in [0.5, 0.6) is 5.75 Å². The number of ether oxygens (including phenoxy) is 1. The maximum Gasteiger partial charge on any atom is 0.138 e. The number of nitrogens with zero attached hydrogens (tertiary/aromatic N) is 1. The molecule has 2 aromatic carbocycles. The van der Waals surface area contributed by atoms with Crippen LogP contribution >= 0.6 is 0 Å². The van der Waals surface area contributed by atoms with E-state index in [4.69, 9.17) is 4.74 Å². The van der Waals surface area contributed by atoms with Gasteiger partial charge in [0.05, 0.1) is 12.1 Å². The summed E-state index contributed by atoms with van der Waals surface area (Å²) in [5.41, 5.74) is 3.16. The molecule has 0 aliphatic heterocycles. The van der Waals surface area contributed by atoms with Gasteiger partial charge in [0.1, 0.15) is 5.75 Å². The molecule has 2 heteroatoms. The van der Waals surface area contributed by atoms with Crippen molar-refractivity contribution in [2.45, 2.75) is 13.3 Å². The lowest BCUT2D eigenvalue weighted by atomic mass is 10.0. The molecular weight excluding hydrogens is 246 g/mol. The van der Waals surface area contributed by atoms with Crippen LogP contribution < -0.4 is 4.74 Å². The van der Waals surface area contributed by atoms with Gasteiger partial charge in [-0.2, -0.15) is 0 Å². The maximum absolute atomic E-state index is 6.01. The molecule has 0 atom stereocenters. The van der Waals surface area contributed by atoms with Crippen LogP contribution in [0, 0.1) is 0 Å². The molecule has 0 aliphatic carbocycles. The van der Waals surface area contributed by atoms with E-state index in [1.54, 1.807) is 0 Å². The van der Waals surface area contributed by atoms with Crippen molar-refractivity contribution in [3.63, 3.8) is 0 Å². The summed E-state index contributed by atoms with van der Waals surface area (Å²) in [5.74, 6) is 0.934. The molecule has 2 nitrogen and oxygen atoms in total. The summed E-state index contributed by atoms with van der Waals surface area (Å²) in [6.45, 7) is 2.83. The van der Waals surface area contributed by atoms with Gasteiger partial charge in [-0.3, -0.25) is 4.98 Å². The Balaban J connectivity index is 2.20. The Bertz CT molecular complexity index is 707. The molecule has 0 unspecified atom stereocenters. The smallest absolute Gasteiger partial charge is 0.138 e. The molecule has 0 N–H and O–H groups in total. The molecule has 20 heavy (non-hydrogen) atoms. The van der Waals surface area contributed by atoms with Crippen LogP contribution in [0.2, 0.25) is 0 Å². The minimum absolute atomic E-state index is 0.716. The first kappa shape index (κ1) is 12.7. The predicted octanol–water partition coefficient (Wildman–Crippen LogP) is 4.69. The number of hydrogen-bond acceptors (Lipinski definition) is 2. The van der Waals surface area contributed by atoms with Crippen LogP contribution in [0.1, 0.15) is 13.3 Å². The number of benzene rings is 2. The molecule has 1 aromatic heterocycles. The van der Waals surface area contributed by atoms with Crippen LogP contribution in [0.25, 0.3) is 22.0 Å². The third kappa shape index (κ3) is 2.37. The molecule has 0 aliphatic rings. The maximum atomic E-state index is 6.01. The van der Waals surface area contributed by atoms with E-state index >= 15 is 0 Å². The molecule has 0 saturated heterocycles. The predicted molar refractivity (Wildman–Crippen MR) is 83.0 cm³/mol. The Morgan fingerprint density at radius 3 is 2.50 bits per heavy atom. The molecular formula is C18H17NO. The number of aromatic nitrogens is 1. The van der Waals surface area contributed by atoms with Gasteiger partial charge in [-0.25, -0.2) is 0 Å². The molecule has 0 fully saturated rings. The van der Waals surface area contributed by atoms with Gasteiger partial charge in [0.2, 0.25) is 0 Å². The average molecular weight is 263 g/mol. The average Bonchev–Trinajstić information content (AvgIpc) is 2.53. The van der Waals surface area contributed by atoms with E-state index in [-0.39, 0.29) is 0 Å². The Kier molecular flexibility index (Phi) is 3.64. The van der Waals surface area contributed by atoms with E-state index in [2.05, 4.69) is 30.1 Å². The molecule has 0 spiro atoms. The van der Waals surface area contributed by atoms with Gasteiger partial charge < -0.3 is 4.74 Å². The highest BCUT2D eigenvalue weighted by Gasteiger charge is 2.11. The second-order valence-corrected chi connectivity index (χ2v) is 4.73. The molecule has 3 rings (SSSR count). The minimum Gasteiger partial charge on any atom is -0.492 e. The summed E-state index contributed by atoms with van der Waals surface area (Å²) in [6, 6.07) is 18.4. The molecule has 1 heterocycles. The van der Waals surface area contributed by atoms with Crippen molar-refractivity contribution in [3.05, 3.63) is 60.8 Å². The Morgan fingerprint density at radius 1 is 0.950 bits per heavy atom. The van der Waals surface area contributed by atoms with Crippen molar-refractivity contribution < 1.29 is 4.74 Å². The summed E-state index contributed by atoms with van der Waals surface area (Å²) in [4.78, 5) is 4.55. The third-order valence-corrected chi connectivity index (χ3v) is 3.26. The highest BCUT2D eigenvalue weighted by Crippen LogP contribution is 2.35. The monoisotopic (exact) mass is 263 g/mol. The summed E-state index contributed by atoms with van der Waals surface area (Å²) < 4.78 is 6.01. The van der Waals surface area contributed by atoms with Gasteiger partial charge in [0, 0.05) is 17.1 Å². The number of hydrogen-bond donors (Lipinski definition) is 0. The topological polar surface area (TPSA) is 22.1 Å². The van der Waals surface area contributed by atoms with E-state index in [1.807, 2.05) is 42.6 Å². The van der Waals surface area contributed by atoms with E-state index in [0.29, 0.717) is 6.61 Å². The summed E-state index contributed by atoms with van der Waals surface area (Å²) in [6.07, 6.45) is 2.90. The summed E-state index contributed by atoms with van der Waals surface area (Å²) in [7, 11) is 0. The lowest BCUT2D eigenvalue weighted by Gasteiger charge is -2.13. The first-order chi connectivity index (χ1) is 9.90. The van der Waals surface area contributed by atoms with Crippen LogP contribution in [0.4, 0.5) is 0 Å². The Hall–Kier alpha value is -2.35. The molecule has 3 aromatic rings. The fraction of sp³-hybridized carbons (Fsp3) is 0.167. The zero-order valence-corrected chi connectivity index (χ0v) is 11.5. The zero-order valence-electron chi connectivity index (χ0n) is 11.5. The Labute approximate surface area is 119 Å². The quantitative estimate of drug-likeness (QED) is 0.681. The van der Waals surface area contributed by atoms with Crippen molar-refractivity contribution in [1.29, 1.82) is 0 Å². The fourth-order valence-corrected chi connectivity index (χ4v) is 2.30. The highest BCUT2D eigenvalue weighted by molar-refractivity contribution is 5.92. The van der Waals surface area contributed by atoms with E-state index in [9.17, 15) is 0 Å². The van der Waals surface area contributed by atoms with E-state index in [1.165, 1.54) is 0 Å². The SMILES string of the molecule is CCCOc1c(-c2ccccc2)cnc2ccccc12. The van der Waals surface area contributed by atoms with Gasteiger partial charge in [-0.15, -0.1) is 0 Å². The minimum atomic E-state index is 0.716. The molecule has 0 bridgehead atoms. The van der Waals surface area contributed by atoms with Gasteiger partial charge in [-0.05, 0) is 24.1 Å². The lowest BCUT2D eigenvalue weighted by Crippen LogP contribution is -1.99. The first-order valence-electron chi connectivity index (χ1n) is 6.96. The summed E-state index contributed by atoms with van der Waals surface area (Å²) >= 11 is 0. The standard InChI is InChI=1S/C18H17NO/c1-2-12-20-18-15-10-6-7-11-17(15)19-13-16(18)14-8-4-3-5-9-14/h3-11,13H,2,12H2,1H3. The van der Waals surface area contributed by atoms with Crippen molar-refractivity contribution >= 4 is 10.9 Å². The number of rotatable bonds is 4. The Morgan fingerprint density at radius 2 is 1.70 bits per heavy atom. The van der Waals surface area contributed by atoms with Crippen molar-refractivity contribution in [1.82, 2.24) is 4.98 Å². The molecule has 0 amide bonds. The number of pyridine rings is 1. The molecule has 0 saturated carbocycles. The van der Waals surface area contributed by atoms with Crippen molar-refractivity contribution in [2.24, 2.45) is 0 Å². The van der Waals surface area contributed by atoms with Crippen LogP contribution in [-0.4, -0.2) is 11.6 Å². The van der Waals surface area contributed by atoms with Gasteiger partial charge in [-0.1, -0.05) is 49.4 Å². The van der Waals surface area contributed by atoms with Crippen molar-refractivity contribution in [3.8, 4) is 16.9 Å². The van der Waals surface area contributed by atoms with Crippen LogP contribution in [-0.2, 0) is 0 Å². The summed E-state index contributed by atoms with van der Waals surface area (Å²) in [5, 5.41) is 1.07. The van der Waals surface area contributed by atoms with Gasteiger partial charge in [0.25, 0.3) is 0 Å². The second-order valence-electron chi connectivity index (χ2n) is 4.73. The zero-order chi connectivity index (χ0) is 13.8. The lowest BCUT2D eigenvalue weighted by molar-refractivity contribution is 0.322. The van der Waals surface area contributed by atoms with Gasteiger partial charge in [0.15, 0.2) is 0 Å². The highest BCUT2D eigenvalue weighted by atomic mass is 16.5. The van der Waals surface area contributed by atoms with Crippen molar-refractivity contribution in [2.75, 3.05) is 6.61 Å². The number of fused-ring (bicyclic) bond motifs is 1. The normalized spacial score (nSPS) is 10.7. The third-order valence-electron chi connectivity index (χ3n) is 3.26. The van der Waals surface area contributed by atoms with E-state index in [0.717, 1.165) is 34.2 Å². The largest absolute Gasteiger partial charge is 0.492 e. The van der Waals surface area contributed by atoms with E-state index < -0.39 is 0 Å². The molecule has 0 radical (unpaired) electrons. The number of para-hydroxylation sites is 1. The van der Waals surface area contributed by atoms with Crippen LogP contribution in [0.3, 0.4) is 0 Å². The first-order valence-corrected chi connectivity index (χ1v) is 6.96. The second kappa shape index (κ2) is 5.74. The fourth-order valence-electron chi connectivity index (χ4n) is 2.30. The van der Waals surface area contributed by atoms with Crippen LogP contribution in [0.15, 0.2) is 60.8 Å². The van der Waals surface area contributed by atoms with Gasteiger partial charge >= 0.3 is 0 Å².